The molecule has 1 atom stereocenters. The first-order chi connectivity index (χ1) is 9.72. The molecule has 106 valence electrons. The summed E-state index contributed by atoms with van der Waals surface area (Å²) in [6.07, 6.45) is 7.22. The van der Waals surface area contributed by atoms with Crippen molar-refractivity contribution in [2.24, 2.45) is 7.05 Å². The second-order valence-electron chi connectivity index (χ2n) is 4.98. The Kier molecular flexibility index (Phi) is 3.68. The van der Waals surface area contributed by atoms with Crippen molar-refractivity contribution in [1.82, 2.24) is 20.1 Å². The molecule has 1 unspecified atom stereocenters. The second-order valence-corrected chi connectivity index (χ2v) is 5.85. The lowest BCUT2D eigenvalue weighted by Crippen LogP contribution is -2.47. The largest absolute Gasteiger partial charge is 0.347 e. The lowest BCUT2D eigenvalue weighted by Gasteiger charge is -2.32. The number of hydrogen-bond acceptors (Lipinski definition) is 5. The van der Waals surface area contributed by atoms with Crippen LogP contribution in [0.4, 0.5) is 5.13 Å². The highest BCUT2D eigenvalue weighted by molar-refractivity contribution is 7.13. The Morgan fingerprint density at radius 2 is 2.45 bits per heavy atom. The van der Waals surface area contributed by atoms with Crippen LogP contribution in [0, 0.1) is 0 Å². The first-order valence-corrected chi connectivity index (χ1v) is 7.54. The van der Waals surface area contributed by atoms with Gasteiger partial charge in [0.25, 0.3) is 5.91 Å². The number of piperidine rings is 1. The van der Waals surface area contributed by atoms with Crippen LogP contribution in [0.15, 0.2) is 24.0 Å². The van der Waals surface area contributed by atoms with Crippen LogP contribution < -0.4 is 10.2 Å². The van der Waals surface area contributed by atoms with Crippen molar-refractivity contribution in [2.75, 3.05) is 18.0 Å². The van der Waals surface area contributed by atoms with Crippen LogP contribution in [0.1, 0.15) is 23.2 Å². The topological polar surface area (TPSA) is 63.1 Å². The third-order valence-corrected chi connectivity index (χ3v) is 4.25. The van der Waals surface area contributed by atoms with Gasteiger partial charge in [-0.2, -0.15) is 5.10 Å². The quantitative estimate of drug-likeness (QED) is 0.925. The molecule has 7 heteroatoms. The van der Waals surface area contributed by atoms with Gasteiger partial charge in [-0.15, -0.1) is 11.3 Å². The lowest BCUT2D eigenvalue weighted by atomic mass is 10.1. The first-order valence-electron chi connectivity index (χ1n) is 6.66. The number of aryl methyl sites for hydroxylation is 1. The van der Waals surface area contributed by atoms with Gasteiger partial charge in [0.1, 0.15) is 0 Å². The molecular formula is C13H17N5OS. The average Bonchev–Trinajstić information content (AvgIpc) is 3.10. The Bertz CT molecular complexity index is 579. The molecule has 3 heterocycles. The minimum Gasteiger partial charge on any atom is -0.347 e. The zero-order valence-electron chi connectivity index (χ0n) is 11.3. The smallest absolute Gasteiger partial charge is 0.254 e. The molecule has 1 N–H and O–H groups in total. The van der Waals surface area contributed by atoms with E-state index in [0.29, 0.717) is 5.56 Å². The van der Waals surface area contributed by atoms with Gasteiger partial charge in [0, 0.05) is 44.0 Å². The molecule has 3 rings (SSSR count). The Morgan fingerprint density at radius 1 is 1.55 bits per heavy atom. The van der Waals surface area contributed by atoms with E-state index in [9.17, 15) is 4.79 Å². The SMILES string of the molecule is Cn1cc(C(=O)NC2CCCN(c3nccs3)C2)cn1. The third kappa shape index (κ3) is 2.82. The van der Waals surface area contributed by atoms with Gasteiger partial charge in [-0.05, 0) is 12.8 Å². The lowest BCUT2D eigenvalue weighted by molar-refractivity contribution is 0.0933. The summed E-state index contributed by atoms with van der Waals surface area (Å²) in [6.45, 7) is 1.83. The van der Waals surface area contributed by atoms with E-state index in [1.54, 1.807) is 28.4 Å². The van der Waals surface area contributed by atoms with E-state index >= 15 is 0 Å². The van der Waals surface area contributed by atoms with Crippen molar-refractivity contribution in [1.29, 1.82) is 0 Å². The molecule has 0 aromatic carbocycles. The van der Waals surface area contributed by atoms with E-state index in [1.807, 2.05) is 18.6 Å². The zero-order valence-corrected chi connectivity index (χ0v) is 12.1. The molecular weight excluding hydrogens is 274 g/mol. The molecule has 1 amide bonds. The highest BCUT2D eigenvalue weighted by Crippen LogP contribution is 2.22. The molecule has 1 aliphatic rings. The normalized spacial score (nSPS) is 19.1. The van der Waals surface area contributed by atoms with E-state index in [1.165, 1.54) is 0 Å². The Hall–Kier alpha value is -1.89. The third-order valence-electron chi connectivity index (χ3n) is 3.41. The maximum atomic E-state index is 12.1. The molecule has 20 heavy (non-hydrogen) atoms. The maximum Gasteiger partial charge on any atom is 0.254 e. The van der Waals surface area contributed by atoms with Crippen molar-refractivity contribution in [3.63, 3.8) is 0 Å². The van der Waals surface area contributed by atoms with Crippen molar-refractivity contribution < 1.29 is 4.79 Å². The molecule has 0 radical (unpaired) electrons. The molecule has 1 fully saturated rings. The Morgan fingerprint density at radius 3 is 3.15 bits per heavy atom. The summed E-state index contributed by atoms with van der Waals surface area (Å²) in [7, 11) is 1.81. The zero-order chi connectivity index (χ0) is 13.9. The fourth-order valence-electron chi connectivity index (χ4n) is 2.45. The predicted octanol–water partition coefficient (Wildman–Crippen LogP) is 1.28. The van der Waals surface area contributed by atoms with Crippen LogP contribution in [-0.4, -0.2) is 39.8 Å². The predicted molar refractivity (Wildman–Crippen MR) is 78.0 cm³/mol. The minimum atomic E-state index is -0.0518. The molecule has 0 bridgehead atoms. The number of thiazole rings is 1. The summed E-state index contributed by atoms with van der Waals surface area (Å²) in [5, 5.41) is 10.1. The Balaban J connectivity index is 1.61. The van der Waals surface area contributed by atoms with Gasteiger partial charge in [0.05, 0.1) is 11.8 Å². The second kappa shape index (κ2) is 5.62. The van der Waals surface area contributed by atoms with Crippen molar-refractivity contribution in [3.05, 3.63) is 29.5 Å². The van der Waals surface area contributed by atoms with Gasteiger partial charge >= 0.3 is 0 Å². The number of hydrogen-bond donors (Lipinski definition) is 1. The van der Waals surface area contributed by atoms with Crippen LogP contribution in [0.3, 0.4) is 0 Å². The number of amides is 1. The summed E-state index contributed by atoms with van der Waals surface area (Å²) in [6, 6.07) is 0.167. The number of carbonyl (C=O) groups excluding carboxylic acids is 1. The van der Waals surface area contributed by atoms with Crippen molar-refractivity contribution in [2.45, 2.75) is 18.9 Å². The summed E-state index contributed by atoms with van der Waals surface area (Å²) in [5.41, 5.74) is 0.610. The molecule has 6 nitrogen and oxygen atoms in total. The number of carbonyl (C=O) groups is 1. The van der Waals surface area contributed by atoms with Crippen LogP contribution in [0.2, 0.25) is 0 Å². The van der Waals surface area contributed by atoms with Crippen LogP contribution >= 0.6 is 11.3 Å². The fourth-order valence-corrected chi connectivity index (χ4v) is 3.13. The highest BCUT2D eigenvalue weighted by atomic mass is 32.1. The summed E-state index contributed by atoms with van der Waals surface area (Å²) < 4.78 is 1.64. The standard InChI is InChI=1S/C13H17N5OS/c1-17-8-10(7-15-17)12(19)16-11-3-2-5-18(9-11)13-14-4-6-20-13/h4,6-8,11H,2-3,5,9H2,1H3,(H,16,19). The number of anilines is 1. The monoisotopic (exact) mass is 291 g/mol. The van der Waals surface area contributed by atoms with Gasteiger partial charge in [-0.3, -0.25) is 9.48 Å². The number of nitrogens with one attached hydrogen (secondary N) is 1. The van der Waals surface area contributed by atoms with E-state index in [-0.39, 0.29) is 11.9 Å². The van der Waals surface area contributed by atoms with Crippen molar-refractivity contribution >= 4 is 22.4 Å². The number of nitrogens with zero attached hydrogens (tertiary/aromatic N) is 4. The molecule has 1 aliphatic heterocycles. The first kappa shape index (κ1) is 13.1. The van der Waals surface area contributed by atoms with Crippen LogP contribution in [-0.2, 0) is 7.05 Å². The number of rotatable bonds is 3. The minimum absolute atomic E-state index is 0.0518. The van der Waals surface area contributed by atoms with Crippen LogP contribution in [0.25, 0.3) is 0 Å². The van der Waals surface area contributed by atoms with Gasteiger partial charge in [0.15, 0.2) is 5.13 Å². The summed E-state index contributed by atoms with van der Waals surface area (Å²) in [5.74, 6) is -0.0518. The van der Waals surface area contributed by atoms with Gasteiger partial charge in [-0.1, -0.05) is 0 Å². The summed E-state index contributed by atoms with van der Waals surface area (Å²) in [4.78, 5) is 18.7. The molecule has 1 saturated heterocycles. The van der Waals surface area contributed by atoms with E-state index in [4.69, 9.17) is 0 Å². The maximum absolute atomic E-state index is 12.1. The fraction of sp³-hybridized carbons (Fsp3) is 0.462. The Labute approximate surface area is 121 Å². The van der Waals surface area contributed by atoms with Crippen LogP contribution in [0.5, 0.6) is 0 Å². The van der Waals surface area contributed by atoms with E-state index in [0.717, 1.165) is 31.1 Å². The van der Waals surface area contributed by atoms with Gasteiger partial charge < -0.3 is 10.2 Å². The number of aromatic nitrogens is 3. The molecule has 0 saturated carbocycles. The van der Waals surface area contributed by atoms with E-state index < -0.39 is 0 Å². The molecule has 2 aromatic heterocycles. The van der Waals surface area contributed by atoms with Gasteiger partial charge in [-0.25, -0.2) is 4.98 Å². The highest BCUT2D eigenvalue weighted by Gasteiger charge is 2.23. The summed E-state index contributed by atoms with van der Waals surface area (Å²) >= 11 is 1.64. The molecule has 0 spiro atoms. The molecule has 2 aromatic rings. The van der Waals surface area contributed by atoms with Crippen molar-refractivity contribution in [3.8, 4) is 0 Å². The van der Waals surface area contributed by atoms with Gasteiger partial charge in [0.2, 0.25) is 0 Å². The molecule has 0 aliphatic carbocycles. The van der Waals surface area contributed by atoms with E-state index in [2.05, 4.69) is 20.3 Å². The average molecular weight is 291 g/mol.